The van der Waals surface area contributed by atoms with Crippen molar-refractivity contribution in [3.8, 4) is 34.5 Å². The lowest BCUT2D eigenvalue weighted by Gasteiger charge is -2.36. The average molecular weight is 1100 g/mol. The highest BCUT2D eigenvalue weighted by Crippen LogP contribution is 2.59. The molecule has 4 unspecified atom stereocenters. The quantitative estimate of drug-likeness (QED) is 0.114. The summed E-state index contributed by atoms with van der Waals surface area (Å²) < 4.78 is 38.1. The van der Waals surface area contributed by atoms with Crippen LogP contribution in [0.3, 0.4) is 0 Å². The van der Waals surface area contributed by atoms with E-state index in [1.54, 1.807) is 0 Å². The Morgan fingerprint density at radius 3 is 0.823 bits per heavy atom. The molecule has 8 rings (SSSR count). The van der Waals surface area contributed by atoms with Gasteiger partial charge in [-0.25, -0.2) is 0 Å². The van der Waals surface area contributed by atoms with Crippen LogP contribution < -0.4 is 33.4 Å². The molecule has 2 heterocycles. The molecule has 5 nitrogen and oxygen atoms in total. The van der Waals surface area contributed by atoms with Gasteiger partial charge in [-0.05, 0) is 118 Å². The molecule has 2 aliphatic heterocycles. The van der Waals surface area contributed by atoms with E-state index in [2.05, 4.69) is 249 Å². The molecule has 2 aliphatic rings. The molecule has 7 heteroatoms. The van der Waals surface area contributed by atoms with Crippen molar-refractivity contribution in [3.05, 3.63) is 164 Å². The van der Waals surface area contributed by atoms with Crippen molar-refractivity contribution in [1.82, 2.24) is 0 Å². The topological polar surface area (TPSA) is 46.2 Å². The van der Waals surface area contributed by atoms with Gasteiger partial charge >= 0.3 is 16.8 Å². The lowest BCUT2D eigenvalue weighted by atomic mass is 9.77. The summed E-state index contributed by atoms with van der Waals surface area (Å²) in [7, 11) is -3.70. The Morgan fingerprint density at radius 2 is 0.608 bits per heavy atom. The van der Waals surface area contributed by atoms with Crippen molar-refractivity contribution in [2.24, 2.45) is 0 Å². The minimum absolute atomic E-state index is 0.000868. The summed E-state index contributed by atoms with van der Waals surface area (Å²) in [6.45, 7) is 51.0. The number of hydrogen-bond acceptors (Lipinski definition) is 5. The van der Waals surface area contributed by atoms with Gasteiger partial charge < -0.3 is 22.8 Å². The maximum atomic E-state index is 7.66. The monoisotopic (exact) mass is 1100 g/mol. The lowest BCUT2D eigenvalue weighted by molar-refractivity contribution is 0.444. The second-order valence-electron chi connectivity index (χ2n) is 27.5. The van der Waals surface area contributed by atoms with Gasteiger partial charge in [0.05, 0.1) is 10.6 Å². The van der Waals surface area contributed by atoms with Crippen molar-refractivity contribution < 1.29 is 22.8 Å². The molecule has 0 fully saturated rings. The molecule has 0 aromatic heterocycles. The van der Waals surface area contributed by atoms with E-state index in [-0.39, 0.29) is 33.5 Å². The van der Waals surface area contributed by atoms with E-state index in [4.69, 9.17) is 22.8 Å². The summed E-state index contributed by atoms with van der Waals surface area (Å²) >= 11 is 0. The maximum absolute atomic E-state index is 7.66. The molecular formula is C72H96O5P2. The third kappa shape index (κ3) is 12.4. The third-order valence-corrected chi connectivity index (χ3v) is 20.3. The number of benzene rings is 6. The van der Waals surface area contributed by atoms with Crippen LogP contribution in [0.15, 0.2) is 97.1 Å². The smallest absolute Gasteiger partial charge is 0.330 e. The highest BCUT2D eigenvalue weighted by atomic mass is 31.2. The molecule has 0 aliphatic carbocycles. The van der Waals surface area contributed by atoms with Crippen molar-refractivity contribution in [1.29, 1.82) is 0 Å². The van der Waals surface area contributed by atoms with E-state index in [0.29, 0.717) is 35.2 Å². The second kappa shape index (κ2) is 23.2. The summed E-state index contributed by atoms with van der Waals surface area (Å²) in [5.74, 6) is 6.51. The molecule has 6 aromatic carbocycles. The molecule has 4 atom stereocenters. The summed E-state index contributed by atoms with van der Waals surface area (Å²) in [6.07, 6.45) is 4.19. The Morgan fingerprint density at radius 1 is 0.380 bits per heavy atom. The zero-order valence-electron chi connectivity index (χ0n) is 52.5. The van der Waals surface area contributed by atoms with Gasteiger partial charge in [-0.15, -0.1) is 0 Å². The average Bonchev–Trinajstić information content (AvgIpc) is 3.54. The minimum Gasteiger partial charge on any atom is -0.456 e. The number of para-hydroxylation sites is 2. The lowest BCUT2D eigenvalue weighted by Crippen LogP contribution is -2.24. The number of rotatable bonds is 12. The van der Waals surface area contributed by atoms with Crippen molar-refractivity contribution in [2.45, 2.75) is 235 Å². The molecule has 0 amide bonds. The van der Waals surface area contributed by atoms with E-state index in [0.717, 1.165) is 59.3 Å². The van der Waals surface area contributed by atoms with Gasteiger partial charge in [0.15, 0.2) is 0 Å². The first kappa shape index (κ1) is 60.3. The standard InChI is InChI=1S/C72H96O5P2/c1-23-43(5)49-35-53-47(9)54-36-50(44(6)24-2)40-58(70(14,15)16)66(54)75-78(74-65(53)57(39-49)69(11,12)13)63-33-29-27-31-61(63)73-62-32-28-30-34-64(62)79-76-67-55(37-51(45(7)25-3)41-59(67)71(17,18)19)48(10)56-38-52(46(8)26-4)42-60(68(56)77-79)72(20,21)22/h27-48H,23-26H2,1-22H3. The highest BCUT2D eigenvalue weighted by molar-refractivity contribution is 7.57. The number of ether oxygens (including phenoxy) is 1. The van der Waals surface area contributed by atoms with Gasteiger partial charge in [-0.1, -0.05) is 225 Å². The van der Waals surface area contributed by atoms with E-state index in [9.17, 15) is 0 Å². The fourth-order valence-corrected chi connectivity index (χ4v) is 14.1. The van der Waals surface area contributed by atoms with Crippen LogP contribution in [-0.4, -0.2) is 0 Å². The van der Waals surface area contributed by atoms with Gasteiger partial charge in [0, 0.05) is 56.3 Å². The summed E-state index contributed by atoms with van der Waals surface area (Å²) in [5.41, 5.74) is 14.1. The van der Waals surface area contributed by atoms with Crippen LogP contribution in [0.4, 0.5) is 0 Å². The van der Waals surface area contributed by atoms with E-state index in [1.807, 2.05) is 0 Å². The van der Waals surface area contributed by atoms with Crippen LogP contribution in [-0.2, 0) is 21.7 Å². The van der Waals surface area contributed by atoms with Gasteiger partial charge in [-0.3, -0.25) is 0 Å². The van der Waals surface area contributed by atoms with Crippen molar-refractivity contribution >= 4 is 27.4 Å². The normalized spacial score (nSPS) is 19.2. The van der Waals surface area contributed by atoms with Crippen molar-refractivity contribution in [3.63, 3.8) is 0 Å². The fourth-order valence-electron chi connectivity index (χ4n) is 11.1. The Labute approximate surface area is 481 Å². The molecule has 0 bridgehead atoms. The molecule has 0 saturated carbocycles. The Balaban J connectivity index is 1.36. The number of fused-ring (bicyclic) bond motifs is 4. The van der Waals surface area contributed by atoms with Crippen LogP contribution in [0.5, 0.6) is 34.5 Å². The van der Waals surface area contributed by atoms with Crippen LogP contribution in [0.25, 0.3) is 0 Å². The fraction of sp³-hybridized carbons (Fsp3) is 0.500. The molecule has 0 saturated heterocycles. The van der Waals surface area contributed by atoms with Crippen LogP contribution in [0.1, 0.15) is 280 Å². The zero-order chi connectivity index (χ0) is 57.8. The summed E-state index contributed by atoms with van der Waals surface area (Å²) in [6, 6.07) is 36.1. The molecule has 424 valence electrons. The summed E-state index contributed by atoms with van der Waals surface area (Å²) in [4.78, 5) is 0. The molecule has 6 aromatic rings. The predicted molar refractivity (Wildman–Crippen MR) is 339 cm³/mol. The van der Waals surface area contributed by atoms with Gasteiger partial charge in [-0.2, -0.15) is 0 Å². The molecular weight excluding hydrogens is 1010 g/mol. The van der Waals surface area contributed by atoms with Crippen LogP contribution in [0.2, 0.25) is 0 Å². The SMILES string of the molecule is CCC(C)c1cc2c(c(C(C)(C)C)c1)OP(c1ccccc1Oc1ccccc1P1Oc3c(cc(C(C)CC)cc3C(C)(C)C)C(C)c3cc(C(C)CC)cc(C(C)(C)C)c3O1)Oc1c(cc(C(C)CC)cc1C(C)(C)C)C2C. The molecule has 0 N–H and O–H groups in total. The van der Waals surface area contributed by atoms with E-state index < -0.39 is 16.8 Å². The number of hydrogen-bond donors (Lipinski definition) is 0. The van der Waals surface area contributed by atoms with Gasteiger partial charge in [0.2, 0.25) is 0 Å². The first-order chi connectivity index (χ1) is 37.0. The Hall–Kier alpha value is -4.82. The Kier molecular flexibility index (Phi) is 17.7. The second-order valence-corrected chi connectivity index (χ2v) is 30.3. The maximum Gasteiger partial charge on any atom is 0.330 e. The van der Waals surface area contributed by atoms with Crippen LogP contribution >= 0.6 is 16.8 Å². The first-order valence-electron chi connectivity index (χ1n) is 29.9. The largest absolute Gasteiger partial charge is 0.456 e. The molecule has 0 radical (unpaired) electrons. The van der Waals surface area contributed by atoms with Gasteiger partial charge in [0.1, 0.15) is 34.5 Å². The zero-order valence-corrected chi connectivity index (χ0v) is 54.3. The van der Waals surface area contributed by atoms with Crippen LogP contribution in [0, 0.1) is 0 Å². The minimum atomic E-state index is -1.85. The first-order valence-corrected chi connectivity index (χ1v) is 32.3. The third-order valence-electron chi connectivity index (χ3n) is 17.4. The molecule has 79 heavy (non-hydrogen) atoms. The van der Waals surface area contributed by atoms with Gasteiger partial charge in [0.25, 0.3) is 0 Å². The Bertz CT molecular complexity index is 2790. The molecule has 0 spiro atoms. The highest BCUT2D eigenvalue weighted by Gasteiger charge is 2.40. The van der Waals surface area contributed by atoms with Crippen molar-refractivity contribution in [2.75, 3.05) is 0 Å². The predicted octanol–water partition coefficient (Wildman–Crippen LogP) is 21.8. The summed E-state index contributed by atoms with van der Waals surface area (Å²) in [5, 5.41) is 1.71. The van der Waals surface area contributed by atoms with E-state index >= 15 is 0 Å². The van der Waals surface area contributed by atoms with E-state index in [1.165, 1.54) is 66.8 Å².